The molecule has 1 N–H and O–H groups in total. The average molecular weight is 418 g/mol. The Kier molecular flexibility index (Phi) is 3.94. The maximum absolute atomic E-state index is 13.4. The number of carbonyl (C=O) groups is 1. The van der Waals surface area contributed by atoms with Crippen LogP contribution in [0.25, 0.3) is 0 Å². The van der Waals surface area contributed by atoms with Crippen molar-refractivity contribution in [2.24, 2.45) is 11.8 Å². The molecular formula is C24H20BrNO. The first-order valence-corrected chi connectivity index (χ1v) is 10.2. The first kappa shape index (κ1) is 16.8. The predicted molar refractivity (Wildman–Crippen MR) is 112 cm³/mol. The summed E-state index contributed by atoms with van der Waals surface area (Å²) in [6.45, 7) is 2.23. The van der Waals surface area contributed by atoms with Crippen molar-refractivity contribution < 1.29 is 4.79 Å². The molecule has 0 saturated heterocycles. The molecule has 1 amide bonds. The van der Waals surface area contributed by atoms with Crippen molar-refractivity contribution in [3.05, 3.63) is 99.5 Å². The monoisotopic (exact) mass is 417 g/mol. The van der Waals surface area contributed by atoms with E-state index in [4.69, 9.17) is 0 Å². The lowest BCUT2D eigenvalue weighted by Crippen LogP contribution is -2.44. The topological polar surface area (TPSA) is 29.1 Å². The minimum absolute atomic E-state index is 0.0769. The minimum Gasteiger partial charge on any atom is -0.325 e. The minimum atomic E-state index is -0.0769. The Balaban J connectivity index is 1.61. The van der Waals surface area contributed by atoms with Crippen LogP contribution in [0.1, 0.15) is 41.0 Å². The molecule has 3 heteroatoms. The zero-order valence-electron chi connectivity index (χ0n) is 15.0. The number of hydrogen-bond acceptors (Lipinski definition) is 1. The Morgan fingerprint density at radius 1 is 0.778 bits per heavy atom. The molecule has 3 aliphatic carbocycles. The van der Waals surface area contributed by atoms with E-state index in [1.54, 1.807) is 0 Å². The van der Waals surface area contributed by atoms with Gasteiger partial charge < -0.3 is 5.32 Å². The van der Waals surface area contributed by atoms with E-state index in [1.165, 1.54) is 22.3 Å². The van der Waals surface area contributed by atoms with Gasteiger partial charge in [0, 0.05) is 16.3 Å². The van der Waals surface area contributed by atoms with E-state index in [0.29, 0.717) is 0 Å². The van der Waals surface area contributed by atoms with Crippen LogP contribution in [0.2, 0.25) is 0 Å². The second-order valence-electron chi connectivity index (χ2n) is 7.57. The SMILES string of the molecule is C[C@@H]1C2c3ccccc3C(c3ccccc32)[C@@H]1C(=O)Nc1ccccc1Br. The van der Waals surface area contributed by atoms with Crippen LogP contribution in [-0.2, 0) is 4.79 Å². The number of carbonyl (C=O) groups excluding carboxylic acids is 1. The quantitative estimate of drug-likeness (QED) is 0.549. The van der Waals surface area contributed by atoms with Gasteiger partial charge in [-0.15, -0.1) is 0 Å². The van der Waals surface area contributed by atoms with Crippen molar-refractivity contribution in [1.82, 2.24) is 0 Å². The van der Waals surface area contributed by atoms with Gasteiger partial charge in [-0.3, -0.25) is 4.79 Å². The van der Waals surface area contributed by atoms with Gasteiger partial charge in [0.15, 0.2) is 0 Å². The summed E-state index contributed by atoms with van der Waals surface area (Å²) in [5.41, 5.74) is 6.23. The fraction of sp³-hybridized carbons (Fsp3) is 0.208. The summed E-state index contributed by atoms with van der Waals surface area (Å²) in [6.07, 6.45) is 0. The highest BCUT2D eigenvalue weighted by atomic mass is 79.9. The molecule has 0 heterocycles. The number of hydrogen-bond donors (Lipinski definition) is 1. The molecule has 0 fully saturated rings. The number of anilines is 1. The molecule has 0 aromatic heterocycles. The maximum Gasteiger partial charge on any atom is 0.228 e. The normalized spacial score (nSPS) is 24.8. The van der Waals surface area contributed by atoms with Gasteiger partial charge in [0.05, 0.1) is 11.6 Å². The largest absolute Gasteiger partial charge is 0.325 e. The molecule has 134 valence electrons. The van der Waals surface area contributed by atoms with Crippen molar-refractivity contribution >= 4 is 27.5 Å². The summed E-state index contributed by atoms with van der Waals surface area (Å²) in [7, 11) is 0. The van der Waals surface area contributed by atoms with E-state index < -0.39 is 0 Å². The van der Waals surface area contributed by atoms with Crippen LogP contribution in [0.4, 0.5) is 5.69 Å². The molecule has 0 unspecified atom stereocenters. The van der Waals surface area contributed by atoms with Crippen molar-refractivity contribution in [2.75, 3.05) is 5.32 Å². The van der Waals surface area contributed by atoms with E-state index in [9.17, 15) is 4.79 Å². The first-order valence-electron chi connectivity index (χ1n) is 9.40. The highest BCUT2D eigenvalue weighted by molar-refractivity contribution is 9.10. The fourth-order valence-corrected chi connectivity index (χ4v) is 5.51. The molecule has 0 spiro atoms. The van der Waals surface area contributed by atoms with E-state index >= 15 is 0 Å². The molecule has 0 saturated carbocycles. The van der Waals surface area contributed by atoms with Crippen molar-refractivity contribution in [1.29, 1.82) is 0 Å². The van der Waals surface area contributed by atoms with Crippen LogP contribution in [0, 0.1) is 11.8 Å². The van der Waals surface area contributed by atoms with Crippen molar-refractivity contribution in [2.45, 2.75) is 18.8 Å². The lowest BCUT2D eigenvalue weighted by atomic mass is 9.54. The third kappa shape index (κ3) is 2.49. The Morgan fingerprint density at radius 2 is 1.26 bits per heavy atom. The number of halogens is 1. The number of nitrogens with one attached hydrogen (secondary N) is 1. The van der Waals surface area contributed by atoms with E-state index in [0.717, 1.165) is 10.2 Å². The summed E-state index contributed by atoms with van der Waals surface area (Å²) in [5.74, 6) is 0.667. The second kappa shape index (κ2) is 6.35. The van der Waals surface area contributed by atoms with Gasteiger partial charge in [-0.2, -0.15) is 0 Å². The van der Waals surface area contributed by atoms with Gasteiger partial charge in [-0.05, 0) is 56.2 Å². The average Bonchev–Trinajstić information content (AvgIpc) is 2.69. The van der Waals surface area contributed by atoms with Gasteiger partial charge in [-0.1, -0.05) is 67.6 Å². The molecule has 3 aliphatic rings. The number of fused-ring (bicyclic) bond motifs is 1. The van der Waals surface area contributed by atoms with Crippen molar-refractivity contribution in [3.8, 4) is 0 Å². The highest BCUT2D eigenvalue weighted by Crippen LogP contribution is 2.58. The predicted octanol–water partition coefficient (Wildman–Crippen LogP) is 5.93. The van der Waals surface area contributed by atoms with Gasteiger partial charge in [0.2, 0.25) is 5.91 Å². The zero-order valence-corrected chi connectivity index (χ0v) is 16.6. The molecule has 27 heavy (non-hydrogen) atoms. The lowest BCUT2D eigenvalue weighted by Gasteiger charge is -2.49. The number of amides is 1. The molecule has 2 bridgehead atoms. The van der Waals surface area contributed by atoms with Crippen LogP contribution >= 0.6 is 15.9 Å². The molecule has 6 rings (SSSR count). The van der Waals surface area contributed by atoms with E-state index in [-0.39, 0.29) is 29.6 Å². The lowest BCUT2D eigenvalue weighted by molar-refractivity contribution is -0.122. The Morgan fingerprint density at radius 3 is 1.81 bits per heavy atom. The Hall–Kier alpha value is -2.39. The fourth-order valence-electron chi connectivity index (χ4n) is 5.12. The highest BCUT2D eigenvalue weighted by Gasteiger charge is 2.50. The Labute approximate surface area is 167 Å². The standard InChI is InChI=1S/C24H20BrNO/c1-14-21-15-8-2-4-10-17(15)23(18-11-5-3-9-16(18)21)22(14)24(27)26-20-13-7-6-12-19(20)25/h2-14,21-23H,1H3,(H,26,27)/t14-,21?,22-,23?/m1/s1. The summed E-state index contributed by atoms with van der Waals surface area (Å²) in [6, 6.07) is 25.1. The Bertz CT molecular complexity index is 996. The maximum atomic E-state index is 13.4. The van der Waals surface area contributed by atoms with Crippen LogP contribution < -0.4 is 5.32 Å². The van der Waals surface area contributed by atoms with Crippen LogP contribution in [0.3, 0.4) is 0 Å². The third-order valence-electron chi connectivity index (χ3n) is 6.22. The number of rotatable bonds is 2. The number of benzene rings is 3. The summed E-state index contributed by atoms with van der Waals surface area (Å²) in [4.78, 5) is 13.4. The molecule has 3 aromatic carbocycles. The molecule has 0 radical (unpaired) electrons. The van der Waals surface area contributed by atoms with Gasteiger partial charge in [0.1, 0.15) is 0 Å². The van der Waals surface area contributed by atoms with Crippen LogP contribution in [0.15, 0.2) is 77.3 Å². The summed E-state index contributed by atoms with van der Waals surface area (Å²) in [5, 5.41) is 3.17. The smallest absolute Gasteiger partial charge is 0.228 e. The number of para-hydroxylation sites is 1. The zero-order chi connectivity index (χ0) is 18.5. The molecule has 2 nitrogen and oxygen atoms in total. The molecular weight excluding hydrogens is 398 g/mol. The summed E-state index contributed by atoms with van der Waals surface area (Å²) < 4.78 is 0.910. The van der Waals surface area contributed by atoms with E-state index in [2.05, 4.69) is 76.7 Å². The van der Waals surface area contributed by atoms with Crippen LogP contribution in [-0.4, -0.2) is 5.91 Å². The van der Waals surface area contributed by atoms with Gasteiger partial charge in [0.25, 0.3) is 0 Å². The van der Waals surface area contributed by atoms with E-state index in [1.807, 2.05) is 24.3 Å². The second-order valence-corrected chi connectivity index (χ2v) is 8.42. The van der Waals surface area contributed by atoms with Crippen molar-refractivity contribution in [3.63, 3.8) is 0 Å². The van der Waals surface area contributed by atoms with Gasteiger partial charge in [-0.25, -0.2) is 0 Å². The molecule has 0 aliphatic heterocycles. The summed E-state index contributed by atoms with van der Waals surface area (Å²) >= 11 is 3.54. The molecule has 2 atom stereocenters. The van der Waals surface area contributed by atoms with Crippen LogP contribution in [0.5, 0.6) is 0 Å². The molecule has 3 aromatic rings. The van der Waals surface area contributed by atoms with Gasteiger partial charge >= 0.3 is 0 Å². The first-order chi connectivity index (χ1) is 13.2. The third-order valence-corrected chi connectivity index (χ3v) is 6.91.